The van der Waals surface area contributed by atoms with Gasteiger partial charge in [0.2, 0.25) is 5.91 Å². The smallest absolute Gasteiger partial charge is 0.253 e. The molecule has 1 aliphatic heterocycles. The van der Waals surface area contributed by atoms with Crippen LogP contribution in [0.25, 0.3) is 0 Å². The molecule has 0 unspecified atom stereocenters. The molecule has 0 bridgehead atoms. The van der Waals surface area contributed by atoms with Crippen molar-refractivity contribution in [2.75, 3.05) is 39.3 Å². The van der Waals surface area contributed by atoms with Gasteiger partial charge in [-0.05, 0) is 25.5 Å². The van der Waals surface area contributed by atoms with Crippen molar-refractivity contribution in [2.24, 2.45) is 0 Å². The van der Waals surface area contributed by atoms with E-state index in [0.717, 1.165) is 37.2 Å². The molecule has 22 heavy (non-hydrogen) atoms. The summed E-state index contributed by atoms with van der Waals surface area (Å²) in [4.78, 5) is 28.1. The van der Waals surface area contributed by atoms with Gasteiger partial charge in [0.25, 0.3) is 5.91 Å². The SMILES string of the molecule is CCCNC(=O)CN1CCN(C(=O)c2cccc(C)c2)CC1. The van der Waals surface area contributed by atoms with Gasteiger partial charge in [0.1, 0.15) is 0 Å². The Morgan fingerprint density at radius 3 is 2.55 bits per heavy atom. The van der Waals surface area contributed by atoms with Gasteiger partial charge in [0, 0.05) is 38.3 Å². The monoisotopic (exact) mass is 303 g/mol. The lowest BCUT2D eigenvalue weighted by Gasteiger charge is -2.34. The molecular weight excluding hydrogens is 278 g/mol. The van der Waals surface area contributed by atoms with E-state index < -0.39 is 0 Å². The van der Waals surface area contributed by atoms with Gasteiger partial charge >= 0.3 is 0 Å². The number of carbonyl (C=O) groups is 2. The molecule has 2 amide bonds. The molecule has 0 saturated carbocycles. The first-order valence-electron chi connectivity index (χ1n) is 7.95. The Hall–Kier alpha value is -1.88. The van der Waals surface area contributed by atoms with E-state index in [0.29, 0.717) is 19.6 Å². The van der Waals surface area contributed by atoms with Crippen molar-refractivity contribution < 1.29 is 9.59 Å². The van der Waals surface area contributed by atoms with E-state index in [1.54, 1.807) is 0 Å². The van der Waals surface area contributed by atoms with Crippen molar-refractivity contribution in [1.29, 1.82) is 0 Å². The molecule has 2 rings (SSSR count). The minimum absolute atomic E-state index is 0.0697. The second-order valence-corrected chi connectivity index (χ2v) is 5.79. The van der Waals surface area contributed by atoms with Crippen LogP contribution >= 0.6 is 0 Å². The van der Waals surface area contributed by atoms with Crippen LogP contribution in [0.2, 0.25) is 0 Å². The Kier molecular flexibility index (Phi) is 5.95. The number of hydrogen-bond donors (Lipinski definition) is 1. The van der Waals surface area contributed by atoms with Gasteiger partial charge in [0.05, 0.1) is 6.54 Å². The highest BCUT2D eigenvalue weighted by molar-refractivity contribution is 5.94. The summed E-state index contributed by atoms with van der Waals surface area (Å²) in [7, 11) is 0. The number of amides is 2. The Morgan fingerprint density at radius 1 is 1.18 bits per heavy atom. The van der Waals surface area contributed by atoms with Gasteiger partial charge in [-0.1, -0.05) is 24.6 Å². The summed E-state index contributed by atoms with van der Waals surface area (Å²) >= 11 is 0. The molecule has 0 radical (unpaired) electrons. The maximum absolute atomic E-state index is 12.5. The molecule has 0 atom stereocenters. The predicted octanol–water partition coefficient (Wildman–Crippen LogP) is 1.28. The number of benzene rings is 1. The quantitative estimate of drug-likeness (QED) is 0.891. The maximum Gasteiger partial charge on any atom is 0.253 e. The normalized spacial score (nSPS) is 15.6. The first kappa shape index (κ1) is 16.5. The van der Waals surface area contributed by atoms with Crippen LogP contribution in [0.5, 0.6) is 0 Å². The van der Waals surface area contributed by atoms with Crippen molar-refractivity contribution >= 4 is 11.8 Å². The number of nitrogens with zero attached hydrogens (tertiary/aromatic N) is 2. The van der Waals surface area contributed by atoms with Gasteiger partial charge in [-0.3, -0.25) is 14.5 Å². The molecule has 1 aromatic carbocycles. The molecular formula is C17H25N3O2. The van der Waals surface area contributed by atoms with E-state index in [1.807, 2.05) is 43.0 Å². The van der Waals surface area contributed by atoms with E-state index in [4.69, 9.17) is 0 Å². The topological polar surface area (TPSA) is 52.7 Å². The summed E-state index contributed by atoms with van der Waals surface area (Å²) in [6.45, 7) is 8.02. The standard InChI is InChI=1S/C17H25N3O2/c1-3-7-18-16(21)13-19-8-10-20(11-9-19)17(22)15-6-4-5-14(2)12-15/h4-6,12H,3,7-11,13H2,1-2H3,(H,18,21). The van der Waals surface area contributed by atoms with Crippen LogP contribution in [0.3, 0.4) is 0 Å². The molecule has 1 N–H and O–H groups in total. The largest absolute Gasteiger partial charge is 0.355 e. The van der Waals surface area contributed by atoms with Crippen molar-refractivity contribution in [3.8, 4) is 0 Å². The number of hydrogen-bond acceptors (Lipinski definition) is 3. The molecule has 1 aliphatic rings. The summed E-state index contributed by atoms with van der Waals surface area (Å²) in [5.74, 6) is 0.152. The summed E-state index contributed by atoms with van der Waals surface area (Å²) in [5, 5.41) is 2.88. The molecule has 1 heterocycles. The zero-order valence-corrected chi connectivity index (χ0v) is 13.5. The predicted molar refractivity (Wildman–Crippen MR) is 86.8 cm³/mol. The van der Waals surface area contributed by atoms with E-state index in [1.165, 1.54) is 0 Å². The minimum Gasteiger partial charge on any atom is -0.355 e. The lowest BCUT2D eigenvalue weighted by atomic mass is 10.1. The van der Waals surface area contributed by atoms with Crippen LogP contribution in [0.15, 0.2) is 24.3 Å². The van der Waals surface area contributed by atoms with Crippen LogP contribution in [0, 0.1) is 6.92 Å². The number of carbonyl (C=O) groups excluding carboxylic acids is 2. The minimum atomic E-state index is 0.0697. The van der Waals surface area contributed by atoms with Gasteiger partial charge in [-0.15, -0.1) is 0 Å². The number of aryl methyl sites for hydroxylation is 1. The summed E-state index contributed by atoms with van der Waals surface area (Å²) in [6, 6.07) is 7.69. The maximum atomic E-state index is 12.5. The average Bonchev–Trinajstić information content (AvgIpc) is 2.53. The Balaban J connectivity index is 1.82. The van der Waals surface area contributed by atoms with Gasteiger partial charge in [0.15, 0.2) is 0 Å². The third-order valence-electron chi connectivity index (χ3n) is 3.86. The number of nitrogens with one attached hydrogen (secondary N) is 1. The molecule has 0 aliphatic carbocycles. The molecule has 5 heteroatoms. The van der Waals surface area contributed by atoms with E-state index in [-0.39, 0.29) is 11.8 Å². The fourth-order valence-corrected chi connectivity index (χ4v) is 2.59. The molecule has 1 aromatic rings. The second kappa shape index (κ2) is 7.94. The zero-order chi connectivity index (χ0) is 15.9. The lowest BCUT2D eigenvalue weighted by molar-refractivity contribution is -0.122. The highest BCUT2D eigenvalue weighted by Crippen LogP contribution is 2.10. The van der Waals surface area contributed by atoms with Crippen LogP contribution in [-0.4, -0.2) is 60.9 Å². The zero-order valence-electron chi connectivity index (χ0n) is 13.5. The summed E-state index contributed by atoms with van der Waals surface area (Å²) < 4.78 is 0. The van der Waals surface area contributed by atoms with E-state index in [9.17, 15) is 9.59 Å². The van der Waals surface area contributed by atoms with Crippen LogP contribution < -0.4 is 5.32 Å². The number of piperazine rings is 1. The third kappa shape index (κ3) is 4.56. The van der Waals surface area contributed by atoms with Crippen molar-refractivity contribution in [3.63, 3.8) is 0 Å². The van der Waals surface area contributed by atoms with E-state index in [2.05, 4.69) is 10.2 Å². The highest BCUT2D eigenvalue weighted by Gasteiger charge is 2.23. The Labute approximate surface area is 132 Å². The lowest BCUT2D eigenvalue weighted by Crippen LogP contribution is -2.51. The molecule has 1 saturated heterocycles. The Bertz CT molecular complexity index is 522. The van der Waals surface area contributed by atoms with Gasteiger partial charge in [-0.25, -0.2) is 0 Å². The van der Waals surface area contributed by atoms with Gasteiger partial charge < -0.3 is 10.2 Å². The summed E-state index contributed by atoms with van der Waals surface area (Å²) in [6.07, 6.45) is 0.949. The van der Waals surface area contributed by atoms with Crippen molar-refractivity contribution in [1.82, 2.24) is 15.1 Å². The highest BCUT2D eigenvalue weighted by atomic mass is 16.2. The average molecular weight is 303 g/mol. The Morgan fingerprint density at radius 2 is 1.91 bits per heavy atom. The van der Waals surface area contributed by atoms with Crippen molar-refractivity contribution in [2.45, 2.75) is 20.3 Å². The molecule has 5 nitrogen and oxygen atoms in total. The third-order valence-corrected chi connectivity index (χ3v) is 3.86. The molecule has 0 spiro atoms. The van der Waals surface area contributed by atoms with Crippen LogP contribution in [0.1, 0.15) is 29.3 Å². The van der Waals surface area contributed by atoms with Crippen LogP contribution in [0.4, 0.5) is 0 Å². The summed E-state index contributed by atoms with van der Waals surface area (Å²) in [5.41, 5.74) is 1.84. The first-order valence-corrected chi connectivity index (χ1v) is 7.95. The molecule has 1 fully saturated rings. The van der Waals surface area contributed by atoms with E-state index >= 15 is 0 Å². The fraction of sp³-hybridized carbons (Fsp3) is 0.529. The molecule has 120 valence electrons. The molecule has 0 aromatic heterocycles. The number of rotatable bonds is 5. The first-order chi connectivity index (χ1) is 10.6. The van der Waals surface area contributed by atoms with Gasteiger partial charge in [-0.2, -0.15) is 0 Å². The second-order valence-electron chi connectivity index (χ2n) is 5.79. The van der Waals surface area contributed by atoms with Crippen molar-refractivity contribution in [3.05, 3.63) is 35.4 Å². The fourth-order valence-electron chi connectivity index (χ4n) is 2.59. The van der Waals surface area contributed by atoms with Crippen LogP contribution in [-0.2, 0) is 4.79 Å².